The lowest BCUT2D eigenvalue weighted by Gasteiger charge is -2.07. The maximum absolute atomic E-state index is 13.3. The van der Waals surface area contributed by atoms with Crippen molar-refractivity contribution >= 4 is 5.78 Å². The number of nitrogens with zero attached hydrogens (tertiary/aromatic N) is 1. The summed E-state index contributed by atoms with van der Waals surface area (Å²) in [5.41, 5.74) is -1.88. The lowest BCUT2D eigenvalue weighted by atomic mass is 10.0. The van der Waals surface area contributed by atoms with Crippen molar-refractivity contribution in [2.45, 2.75) is 13.3 Å². The van der Waals surface area contributed by atoms with Crippen molar-refractivity contribution in [1.29, 1.82) is 5.26 Å². The van der Waals surface area contributed by atoms with Gasteiger partial charge in [0.15, 0.2) is 11.6 Å². The van der Waals surface area contributed by atoms with Crippen molar-refractivity contribution in [2.24, 2.45) is 0 Å². The summed E-state index contributed by atoms with van der Waals surface area (Å²) in [6.45, 7) is 1.06. The summed E-state index contributed by atoms with van der Waals surface area (Å²) in [5, 5.41) is 8.43. The Bertz CT molecular complexity index is 449. The zero-order valence-electron chi connectivity index (χ0n) is 7.72. The fourth-order valence-electron chi connectivity index (χ4n) is 1.20. The Kier molecular flexibility index (Phi) is 3.10. The van der Waals surface area contributed by atoms with E-state index < -0.39 is 29.2 Å². The number of halogens is 3. The average Bonchev–Trinajstić information content (AvgIpc) is 2.16. The molecule has 0 amide bonds. The number of hydrogen-bond donors (Lipinski definition) is 0. The van der Waals surface area contributed by atoms with E-state index in [1.54, 1.807) is 0 Å². The number of hydrogen-bond acceptors (Lipinski definition) is 2. The van der Waals surface area contributed by atoms with E-state index in [-0.39, 0.29) is 5.56 Å². The van der Waals surface area contributed by atoms with Crippen LogP contribution in [0.3, 0.4) is 0 Å². The van der Waals surface area contributed by atoms with Crippen LogP contribution in [-0.4, -0.2) is 5.78 Å². The molecule has 0 atom stereocenters. The zero-order chi connectivity index (χ0) is 11.6. The second-order valence-electron chi connectivity index (χ2n) is 2.86. The van der Waals surface area contributed by atoms with Gasteiger partial charge in [-0.2, -0.15) is 5.26 Å². The van der Waals surface area contributed by atoms with Crippen molar-refractivity contribution in [3.8, 4) is 6.07 Å². The number of Topliss-reactive ketones (excluding diaryl/α,β-unsaturated/α-hetero) is 1. The van der Waals surface area contributed by atoms with Gasteiger partial charge in [0.1, 0.15) is 6.07 Å². The van der Waals surface area contributed by atoms with Crippen molar-refractivity contribution in [3.05, 3.63) is 34.6 Å². The summed E-state index contributed by atoms with van der Waals surface area (Å²) < 4.78 is 38.2. The van der Waals surface area contributed by atoms with Crippen LogP contribution < -0.4 is 0 Å². The number of alkyl halides is 2. The van der Waals surface area contributed by atoms with Crippen LogP contribution >= 0.6 is 0 Å². The molecule has 0 radical (unpaired) electrons. The molecule has 0 aliphatic heterocycles. The van der Waals surface area contributed by atoms with Gasteiger partial charge in [0, 0.05) is 5.56 Å². The topological polar surface area (TPSA) is 40.9 Å². The molecule has 0 aliphatic rings. The minimum Gasteiger partial charge on any atom is -0.294 e. The van der Waals surface area contributed by atoms with Gasteiger partial charge in [0.2, 0.25) is 0 Å². The normalized spacial score (nSPS) is 10.1. The Morgan fingerprint density at radius 1 is 1.47 bits per heavy atom. The lowest BCUT2D eigenvalue weighted by molar-refractivity contribution is 0.0995. The van der Waals surface area contributed by atoms with Crippen molar-refractivity contribution < 1.29 is 18.0 Å². The molecule has 15 heavy (non-hydrogen) atoms. The van der Waals surface area contributed by atoms with Crippen LogP contribution in [0.5, 0.6) is 0 Å². The van der Waals surface area contributed by atoms with Gasteiger partial charge in [0.25, 0.3) is 6.43 Å². The SMILES string of the molecule is CC(=O)c1ccc(C#N)c(F)c1C(F)F. The third kappa shape index (κ3) is 1.99. The molecular weight excluding hydrogens is 207 g/mol. The number of nitriles is 1. The molecule has 1 aromatic carbocycles. The first kappa shape index (κ1) is 11.2. The summed E-state index contributed by atoms with van der Waals surface area (Å²) in [7, 11) is 0. The number of ketones is 1. The highest BCUT2D eigenvalue weighted by Crippen LogP contribution is 2.28. The van der Waals surface area contributed by atoms with E-state index in [2.05, 4.69) is 0 Å². The maximum atomic E-state index is 13.3. The molecule has 0 aromatic heterocycles. The fourth-order valence-corrected chi connectivity index (χ4v) is 1.20. The second kappa shape index (κ2) is 4.13. The Morgan fingerprint density at radius 3 is 2.47 bits per heavy atom. The molecule has 0 unspecified atom stereocenters. The molecule has 1 rings (SSSR count). The molecule has 1 aromatic rings. The predicted octanol–water partition coefficient (Wildman–Crippen LogP) is 2.84. The van der Waals surface area contributed by atoms with Gasteiger partial charge in [-0.15, -0.1) is 0 Å². The smallest absolute Gasteiger partial charge is 0.267 e. The molecule has 0 aliphatic carbocycles. The first-order valence-electron chi connectivity index (χ1n) is 4.00. The van der Waals surface area contributed by atoms with E-state index in [0.29, 0.717) is 0 Å². The first-order chi connectivity index (χ1) is 6.99. The number of rotatable bonds is 2. The molecule has 0 heterocycles. The Hall–Kier alpha value is -1.83. The number of carbonyl (C=O) groups excluding carboxylic acids is 1. The Balaban J connectivity index is 3.53. The van der Waals surface area contributed by atoms with E-state index >= 15 is 0 Å². The van der Waals surface area contributed by atoms with Gasteiger partial charge in [-0.05, 0) is 19.1 Å². The molecular formula is C10H6F3NO. The van der Waals surface area contributed by atoms with Crippen molar-refractivity contribution in [1.82, 2.24) is 0 Å². The Labute approximate surface area is 83.9 Å². The number of benzene rings is 1. The highest BCUT2D eigenvalue weighted by Gasteiger charge is 2.23. The minimum absolute atomic E-state index is 0.387. The molecule has 5 heteroatoms. The van der Waals surface area contributed by atoms with E-state index in [9.17, 15) is 18.0 Å². The average molecular weight is 213 g/mol. The van der Waals surface area contributed by atoms with Crippen molar-refractivity contribution in [2.75, 3.05) is 0 Å². The zero-order valence-corrected chi connectivity index (χ0v) is 7.72. The summed E-state index contributed by atoms with van der Waals surface area (Å²) in [4.78, 5) is 10.9. The van der Waals surface area contributed by atoms with E-state index in [4.69, 9.17) is 5.26 Å². The molecule has 0 saturated carbocycles. The minimum atomic E-state index is -3.11. The van der Waals surface area contributed by atoms with Crippen LogP contribution in [0.25, 0.3) is 0 Å². The molecule has 0 saturated heterocycles. The quantitative estimate of drug-likeness (QED) is 0.708. The molecule has 0 N–H and O–H groups in total. The maximum Gasteiger partial charge on any atom is 0.267 e. The highest BCUT2D eigenvalue weighted by molar-refractivity contribution is 5.95. The van der Waals surface area contributed by atoms with E-state index in [1.165, 1.54) is 6.07 Å². The van der Waals surface area contributed by atoms with Crippen LogP contribution in [0, 0.1) is 17.1 Å². The van der Waals surface area contributed by atoms with E-state index in [0.717, 1.165) is 19.1 Å². The molecule has 0 bridgehead atoms. The molecule has 0 spiro atoms. The third-order valence-corrected chi connectivity index (χ3v) is 1.90. The summed E-state index contributed by atoms with van der Waals surface area (Å²) >= 11 is 0. The monoisotopic (exact) mass is 213 g/mol. The van der Waals surface area contributed by atoms with Gasteiger partial charge in [-0.3, -0.25) is 4.79 Å². The van der Waals surface area contributed by atoms with Crippen LogP contribution in [-0.2, 0) is 0 Å². The standard InChI is InChI=1S/C10H6F3NO/c1-5(15)7-3-2-6(4-14)9(11)8(7)10(12)13/h2-3,10H,1H3. The van der Waals surface area contributed by atoms with Gasteiger partial charge in [0.05, 0.1) is 11.1 Å². The summed E-state index contributed by atoms with van der Waals surface area (Å²) in [6, 6.07) is 3.48. The lowest BCUT2D eigenvalue weighted by Crippen LogP contribution is -2.05. The van der Waals surface area contributed by atoms with Gasteiger partial charge >= 0.3 is 0 Å². The van der Waals surface area contributed by atoms with Crippen LogP contribution in [0.15, 0.2) is 12.1 Å². The second-order valence-corrected chi connectivity index (χ2v) is 2.86. The van der Waals surface area contributed by atoms with Crippen molar-refractivity contribution in [3.63, 3.8) is 0 Å². The predicted molar refractivity (Wildman–Crippen MR) is 46.1 cm³/mol. The van der Waals surface area contributed by atoms with Gasteiger partial charge in [-0.25, -0.2) is 13.2 Å². The Morgan fingerprint density at radius 2 is 2.07 bits per heavy atom. The third-order valence-electron chi connectivity index (χ3n) is 1.90. The molecule has 78 valence electrons. The molecule has 2 nitrogen and oxygen atoms in total. The number of carbonyl (C=O) groups is 1. The van der Waals surface area contributed by atoms with Gasteiger partial charge < -0.3 is 0 Å². The largest absolute Gasteiger partial charge is 0.294 e. The molecule has 0 fully saturated rings. The van der Waals surface area contributed by atoms with Crippen LogP contribution in [0.1, 0.15) is 34.8 Å². The van der Waals surface area contributed by atoms with Crippen LogP contribution in [0.4, 0.5) is 13.2 Å². The summed E-state index contributed by atoms with van der Waals surface area (Å²) in [5.74, 6) is -1.98. The summed E-state index contributed by atoms with van der Waals surface area (Å²) in [6.07, 6.45) is -3.11. The van der Waals surface area contributed by atoms with Gasteiger partial charge in [-0.1, -0.05) is 0 Å². The van der Waals surface area contributed by atoms with Crippen LogP contribution in [0.2, 0.25) is 0 Å². The van der Waals surface area contributed by atoms with E-state index in [1.807, 2.05) is 0 Å². The first-order valence-corrected chi connectivity index (χ1v) is 4.00. The highest BCUT2D eigenvalue weighted by atomic mass is 19.3. The fraction of sp³-hybridized carbons (Fsp3) is 0.200.